The molecule has 0 aliphatic heterocycles. The predicted octanol–water partition coefficient (Wildman–Crippen LogP) is 2.91. The Kier molecular flexibility index (Phi) is 4.99. The van der Waals surface area contributed by atoms with Crippen LogP contribution in [-0.2, 0) is 0 Å². The Labute approximate surface area is 96.2 Å². The third kappa shape index (κ3) is 3.76. The van der Waals surface area contributed by atoms with Gasteiger partial charge in [0.25, 0.3) is 0 Å². The molecule has 0 saturated carbocycles. The van der Waals surface area contributed by atoms with Crippen molar-refractivity contribution in [3.05, 3.63) is 24.3 Å². The Balaban J connectivity index is 2.63. The zero-order valence-electron chi connectivity index (χ0n) is 9.57. The number of nitrogens with two attached hydrogens (primary N) is 1. The van der Waals surface area contributed by atoms with E-state index in [1.807, 2.05) is 18.2 Å². The molecule has 0 aliphatic rings. The quantitative estimate of drug-likeness (QED) is 0.783. The van der Waals surface area contributed by atoms with Gasteiger partial charge in [0.15, 0.2) is 0 Å². The lowest BCUT2D eigenvalue weighted by atomic mass is 10.2. The Hall–Kier alpha value is -0.670. The summed E-state index contributed by atoms with van der Waals surface area (Å²) < 4.78 is 5.18. The van der Waals surface area contributed by atoms with E-state index >= 15 is 0 Å². The van der Waals surface area contributed by atoms with Crippen molar-refractivity contribution in [2.24, 2.45) is 5.73 Å². The third-order valence-electron chi connectivity index (χ3n) is 2.44. The second-order valence-corrected chi connectivity index (χ2v) is 5.02. The van der Waals surface area contributed by atoms with E-state index in [2.05, 4.69) is 19.9 Å². The zero-order valence-corrected chi connectivity index (χ0v) is 10.4. The maximum atomic E-state index is 5.98. The SMILES string of the molecule is CCC(N)C(C)Sc1cccc(OC)c1. The molecule has 1 rings (SSSR count). The van der Waals surface area contributed by atoms with Crippen molar-refractivity contribution in [2.75, 3.05) is 7.11 Å². The maximum absolute atomic E-state index is 5.98. The number of methoxy groups -OCH3 is 1. The lowest BCUT2D eigenvalue weighted by Crippen LogP contribution is -2.29. The van der Waals surface area contributed by atoms with E-state index in [0.717, 1.165) is 12.2 Å². The first kappa shape index (κ1) is 12.4. The van der Waals surface area contributed by atoms with E-state index in [0.29, 0.717) is 5.25 Å². The molecule has 0 aliphatic carbocycles. The normalized spacial score (nSPS) is 14.7. The first-order chi connectivity index (χ1) is 7.17. The predicted molar refractivity (Wildman–Crippen MR) is 66.6 cm³/mol. The summed E-state index contributed by atoms with van der Waals surface area (Å²) in [5, 5.41) is 0.433. The van der Waals surface area contributed by atoms with E-state index < -0.39 is 0 Å². The number of hydrogen-bond donors (Lipinski definition) is 1. The minimum atomic E-state index is 0.251. The molecule has 2 atom stereocenters. The van der Waals surface area contributed by atoms with Crippen LogP contribution in [0.25, 0.3) is 0 Å². The Morgan fingerprint density at radius 2 is 2.20 bits per heavy atom. The fraction of sp³-hybridized carbons (Fsp3) is 0.500. The smallest absolute Gasteiger partial charge is 0.119 e. The summed E-state index contributed by atoms with van der Waals surface area (Å²) in [6, 6.07) is 8.34. The van der Waals surface area contributed by atoms with Gasteiger partial charge in [-0.05, 0) is 24.6 Å². The molecule has 84 valence electrons. The second kappa shape index (κ2) is 6.03. The van der Waals surface area contributed by atoms with Gasteiger partial charge in [-0.2, -0.15) is 0 Å². The largest absolute Gasteiger partial charge is 0.497 e. The summed E-state index contributed by atoms with van der Waals surface area (Å²) >= 11 is 1.80. The van der Waals surface area contributed by atoms with Gasteiger partial charge in [-0.15, -0.1) is 11.8 Å². The van der Waals surface area contributed by atoms with Crippen molar-refractivity contribution in [2.45, 2.75) is 36.5 Å². The van der Waals surface area contributed by atoms with Crippen LogP contribution in [0.5, 0.6) is 5.75 Å². The van der Waals surface area contributed by atoms with Crippen molar-refractivity contribution >= 4 is 11.8 Å². The number of rotatable bonds is 5. The molecule has 1 aromatic carbocycles. The van der Waals surface area contributed by atoms with Crippen LogP contribution in [0.3, 0.4) is 0 Å². The highest BCUT2D eigenvalue weighted by Crippen LogP contribution is 2.28. The molecule has 2 nitrogen and oxygen atoms in total. The highest BCUT2D eigenvalue weighted by molar-refractivity contribution is 8.00. The topological polar surface area (TPSA) is 35.2 Å². The molecule has 2 unspecified atom stereocenters. The Morgan fingerprint density at radius 3 is 2.80 bits per heavy atom. The van der Waals surface area contributed by atoms with Crippen LogP contribution in [-0.4, -0.2) is 18.4 Å². The van der Waals surface area contributed by atoms with Gasteiger partial charge in [0.05, 0.1) is 7.11 Å². The highest BCUT2D eigenvalue weighted by atomic mass is 32.2. The molecule has 0 spiro atoms. The van der Waals surface area contributed by atoms with Crippen LogP contribution in [0.15, 0.2) is 29.2 Å². The molecule has 15 heavy (non-hydrogen) atoms. The second-order valence-electron chi connectivity index (χ2n) is 3.57. The highest BCUT2D eigenvalue weighted by Gasteiger charge is 2.12. The van der Waals surface area contributed by atoms with Gasteiger partial charge in [0, 0.05) is 16.2 Å². The van der Waals surface area contributed by atoms with Gasteiger partial charge in [-0.1, -0.05) is 19.9 Å². The van der Waals surface area contributed by atoms with Crippen LogP contribution < -0.4 is 10.5 Å². The number of hydrogen-bond acceptors (Lipinski definition) is 3. The fourth-order valence-electron chi connectivity index (χ4n) is 1.31. The molecule has 2 N–H and O–H groups in total. The van der Waals surface area contributed by atoms with Crippen molar-refractivity contribution in [1.29, 1.82) is 0 Å². The molecule has 0 fully saturated rings. The van der Waals surface area contributed by atoms with E-state index in [1.165, 1.54) is 4.90 Å². The van der Waals surface area contributed by atoms with Crippen LogP contribution in [0, 0.1) is 0 Å². The molecule has 0 radical (unpaired) electrons. The molecular weight excluding hydrogens is 206 g/mol. The van der Waals surface area contributed by atoms with Gasteiger partial charge >= 0.3 is 0 Å². The van der Waals surface area contributed by atoms with Crippen LogP contribution in [0.2, 0.25) is 0 Å². The van der Waals surface area contributed by atoms with E-state index in [4.69, 9.17) is 10.5 Å². The third-order valence-corrected chi connectivity index (χ3v) is 3.68. The van der Waals surface area contributed by atoms with Gasteiger partial charge in [-0.25, -0.2) is 0 Å². The van der Waals surface area contributed by atoms with Crippen LogP contribution >= 0.6 is 11.8 Å². The summed E-state index contributed by atoms with van der Waals surface area (Å²) in [4.78, 5) is 1.21. The molecule has 0 amide bonds. The molecule has 3 heteroatoms. The summed E-state index contributed by atoms with van der Waals surface area (Å²) in [6.07, 6.45) is 1.01. The average molecular weight is 225 g/mol. The van der Waals surface area contributed by atoms with Crippen LogP contribution in [0.4, 0.5) is 0 Å². The summed E-state index contributed by atoms with van der Waals surface area (Å²) in [5.74, 6) is 0.900. The molecule has 1 aromatic rings. The summed E-state index contributed by atoms with van der Waals surface area (Å²) in [6.45, 7) is 4.28. The van der Waals surface area contributed by atoms with Gasteiger partial charge in [0.2, 0.25) is 0 Å². The van der Waals surface area contributed by atoms with Crippen LogP contribution in [0.1, 0.15) is 20.3 Å². The van der Waals surface area contributed by atoms with Gasteiger partial charge < -0.3 is 10.5 Å². The number of benzene rings is 1. The standard InChI is InChI=1S/C12H19NOS/c1-4-12(13)9(2)15-11-7-5-6-10(8-11)14-3/h5-9,12H,4,13H2,1-3H3. The monoisotopic (exact) mass is 225 g/mol. The first-order valence-electron chi connectivity index (χ1n) is 5.23. The fourth-order valence-corrected chi connectivity index (χ4v) is 2.45. The lowest BCUT2D eigenvalue weighted by molar-refractivity contribution is 0.413. The maximum Gasteiger partial charge on any atom is 0.119 e. The molecular formula is C12H19NOS. The number of thioether (sulfide) groups is 1. The first-order valence-corrected chi connectivity index (χ1v) is 6.11. The van der Waals surface area contributed by atoms with Gasteiger partial charge in [0.1, 0.15) is 5.75 Å². The molecule has 0 bridgehead atoms. The Morgan fingerprint density at radius 1 is 1.47 bits per heavy atom. The van der Waals surface area contributed by atoms with Gasteiger partial charge in [-0.3, -0.25) is 0 Å². The molecule has 0 heterocycles. The summed E-state index contributed by atoms with van der Waals surface area (Å²) in [7, 11) is 1.69. The van der Waals surface area contributed by atoms with E-state index in [-0.39, 0.29) is 6.04 Å². The van der Waals surface area contributed by atoms with E-state index in [1.54, 1.807) is 18.9 Å². The summed E-state index contributed by atoms with van der Waals surface area (Å²) in [5.41, 5.74) is 5.98. The Bertz CT molecular complexity index is 303. The minimum Gasteiger partial charge on any atom is -0.497 e. The van der Waals surface area contributed by atoms with Crippen molar-refractivity contribution in [3.63, 3.8) is 0 Å². The lowest BCUT2D eigenvalue weighted by Gasteiger charge is -2.17. The zero-order chi connectivity index (χ0) is 11.3. The van der Waals surface area contributed by atoms with Crippen molar-refractivity contribution in [3.8, 4) is 5.75 Å². The molecule has 0 saturated heterocycles. The van der Waals surface area contributed by atoms with Crippen molar-refractivity contribution < 1.29 is 4.74 Å². The average Bonchev–Trinajstić information content (AvgIpc) is 2.28. The van der Waals surface area contributed by atoms with E-state index in [9.17, 15) is 0 Å². The van der Waals surface area contributed by atoms with Crippen molar-refractivity contribution in [1.82, 2.24) is 0 Å². The molecule has 0 aromatic heterocycles. The number of ether oxygens (including phenoxy) is 1. The minimum absolute atomic E-state index is 0.251.